The fourth-order valence-electron chi connectivity index (χ4n) is 3.31. The number of amides is 1. The summed E-state index contributed by atoms with van der Waals surface area (Å²) in [6, 6.07) is 6.37. The number of nitrogens with zero attached hydrogens (tertiary/aromatic N) is 2. The number of nitrogens with one attached hydrogen (secondary N) is 1. The van der Waals surface area contributed by atoms with Gasteiger partial charge >= 0.3 is 0 Å². The van der Waals surface area contributed by atoms with E-state index in [9.17, 15) is 4.79 Å². The molecule has 1 N–H and O–H groups in total. The Balaban J connectivity index is 1.87. The molecule has 0 bridgehead atoms. The van der Waals surface area contributed by atoms with Crippen molar-refractivity contribution >= 4 is 5.91 Å². The molecule has 4 nitrogen and oxygen atoms in total. The third-order valence-electron chi connectivity index (χ3n) is 4.73. The fourth-order valence-corrected chi connectivity index (χ4v) is 3.31. The zero-order valence-corrected chi connectivity index (χ0v) is 13.7. The smallest absolute Gasteiger partial charge is 0.229 e. The average molecular weight is 297 g/mol. The molecule has 0 saturated heterocycles. The number of aryl methyl sites for hydroxylation is 2. The van der Waals surface area contributed by atoms with E-state index in [0.717, 1.165) is 17.8 Å². The van der Waals surface area contributed by atoms with Crippen molar-refractivity contribution in [2.24, 2.45) is 0 Å². The highest BCUT2D eigenvalue weighted by Crippen LogP contribution is 2.32. The van der Waals surface area contributed by atoms with E-state index in [1.54, 1.807) is 6.33 Å². The van der Waals surface area contributed by atoms with E-state index in [2.05, 4.69) is 48.9 Å². The van der Waals surface area contributed by atoms with Gasteiger partial charge in [-0.25, -0.2) is 4.98 Å². The highest BCUT2D eigenvalue weighted by Gasteiger charge is 2.36. The maximum atomic E-state index is 12.8. The third-order valence-corrected chi connectivity index (χ3v) is 4.73. The first kappa shape index (κ1) is 14.8. The quantitative estimate of drug-likeness (QED) is 0.926. The van der Waals surface area contributed by atoms with E-state index in [4.69, 9.17) is 0 Å². The lowest BCUT2D eigenvalue weighted by Crippen LogP contribution is -2.52. The molecule has 3 rings (SSSR count). The van der Waals surface area contributed by atoms with Crippen LogP contribution >= 0.6 is 0 Å². The van der Waals surface area contributed by atoms with Gasteiger partial charge in [0.1, 0.15) is 0 Å². The van der Waals surface area contributed by atoms with Crippen LogP contribution in [-0.4, -0.2) is 26.3 Å². The fraction of sp³-hybridized carbons (Fsp3) is 0.444. The molecule has 0 saturated carbocycles. The first-order valence-electron chi connectivity index (χ1n) is 7.75. The molecule has 0 fully saturated rings. The Morgan fingerprint density at radius 1 is 1.36 bits per heavy atom. The number of benzene rings is 1. The van der Waals surface area contributed by atoms with Gasteiger partial charge in [0.15, 0.2) is 0 Å². The average Bonchev–Trinajstić information content (AvgIpc) is 2.84. The van der Waals surface area contributed by atoms with Gasteiger partial charge in [0.2, 0.25) is 5.91 Å². The molecular formula is C18H23N3O. The van der Waals surface area contributed by atoms with Gasteiger partial charge in [-0.1, -0.05) is 18.2 Å². The highest BCUT2D eigenvalue weighted by atomic mass is 16.2. The molecule has 0 spiro atoms. The van der Waals surface area contributed by atoms with E-state index in [0.29, 0.717) is 13.0 Å². The van der Waals surface area contributed by atoms with Crippen molar-refractivity contribution in [1.82, 2.24) is 14.9 Å². The van der Waals surface area contributed by atoms with Crippen molar-refractivity contribution in [1.29, 1.82) is 0 Å². The normalized spacial score (nSPS) is 16.5. The maximum absolute atomic E-state index is 12.8. The molecule has 1 aromatic heterocycles. The van der Waals surface area contributed by atoms with Gasteiger partial charge in [-0.15, -0.1) is 0 Å². The molecule has 0 unspecified atom stereocenters. The minimum atomic E-state index is -0.166. The van der Waals surface area contributed by atoms with Gasteiger partial charge in [-0.05, 0) is 50.8 Å². The van der Waals surface area contributed by atoms with E-state index in [1.807, 2.05) is 11.8 Å². The summed E-state index contributed by atoms with van der Waals surface area (Å²) in [6.45, 7) is 9.09. The first-order chi connectivity index (χ1) is 10.4. The van der Waals surface area contributed by atoms with Crippen molar-refractivity contribution in [2.75, 3.05) is 0 Å². The van der Waals surface area contributed by atoms with Gasteiger partial charge in [-0.2, -0.15) is 0 Å². The van der Waals surface area contributed by atoms with Crippen LogP contribution in [-0.2, 0) is 24.2 Å². The van der Waals surface area contributed by atoms with Crippen LogP contribution in [0, 0.1) is 13.8 Å². The Morgan fingerprint density at radius 2 is 2.14 bits per heavy atom. The van der Waals surface area contributed by atoms with Gasteiger partial charge in [0, 0.05) is 17.8 Å². The van der Waals surface area contributed by atoms with Crippen molar-refractivity contribution in [2.45, 2.75) is 52.6 Å². The van der Waals surface area contributed by atoms with Crippen LogP contribution in [0.5, 0.6) is 0 Å². The second kappa shape index (κ2) is 5.27. The Bertz CT molecular complexity index is 715. The SMILES string of the molecule is Cc1cccc2c1CC(C)(C)N(C(=O)Cc1nc[nH]c1C)C2. The van der Waals surface area contributed by atoms with Crippen LogP contribution in [0.4, 0.5) is 0 Å². The predicted molar refractivity (Wildman–Crippen MR) is 86.5 cm³/mol. The summed E-state index contributed by atoms with van der Waals surface area (Å²) in [7, 11) is 0. The number of imidazole rings is 1. The molecule has 0 aliphatic carbocycles. The van der Waals surface area contributed by atoms with Crippen molar-refractivity contribution in [3.8, 4) is 0 Å². The van der Waals surface area contributed by atoms with Crippen molar-refractivity contribution in [3.05, 3.63) is 52.6 Å². The number of aromatic nitrogens is 2. The van der Waals surface area contributed by atoms with E-state index in [1.165, 1.54) is 16.7 Å². The van der Waals surface area contributed by atoms with E-state index < -0.39 is 0 Å². The van der Waals surface area contributed by atoms with Gasteiger partial charge in [0.05, 0.1) is 18.4 Å². The Labute approximate surface area is 131 Å². The summed E-state index contributed by atoms with van der Waals surface area (Å²) < 4.78 is 0. The Morgan fingerprint density at radius 3 is 2.82 bits per heavy atom. The number of fused-ring (bicyclic) bond motifs is 1. The molecule has 2 heterocycles. The first-order valence-corrected chi connectivity index (χ1v) is 7.75. The highest BCUT2D eigenvalue weighted by molar-refractivity contribution is 5.79. The second-order valence-electron chi connectivity index (χ2n) is 6.83. The monoisotopic (exact) mass is 297 g/mol. The molecule has 1 aliphatic heterocycles. The summed E-state index contributed by atoms with van der Waals surface area (Å²) in [5.41, 5.74) is 5.63. The topological polar surface area (TPSA) is 49.0 Å². The lowest BCUT2D eigenvalue weighted by molar-refractivity contribution is -0.137. The Hall–Kier alpha value is -2.10. The Kier molecular flexibility index (Phi) is 3.55. The summed E-state index contributed by atoms with van der Waals surface area (Å²) in [6.07, 6.45) is 2.91. The largest absolute Gasteiger partial charge is 0.348 e. The molecule has 22 heavy (non-hydrogen) atoms. The van der Waals surface area contributed by atoms with Crippen LogP contribution in [0.25, 0.3) is 0 Å². The zero-order chi connectivity index (χ0) is 15.9. The third kappa shape index (κ3) is 2.54. The zero-order valence-electron chi connectivity index (χ0n) is 13.7. The van der Waals surface area contributed by atoms with Gasteiger partial charge in [-0.3, -0.25) is 4.79 Å². The standard InChI is InChI=1S/C18H23N3O/c1-12-6-5-7-14-10-21(18(3,4)9-15(12)14)17(22)8-16-13(2)19-11-20-16/h5-7,11H,8-10H2,1-4H3,(H,19,20). The molecule has 0 radical (unpaired) electrons. The maximum Gasteiger partial charge on any atom is 0.229 e. The summed E-state index contributed by atoms with van der Waals surface area (Å²) in [5.74, 6) is 0.146. The number of rotatable bonds is 2. The van der Waals surface area contributed by atoms with E-state index >= 15 is 0 Å². The number of hydrogen-bond acceptors (Lipinski definition) is 2. The molecule has 0 atom stereocenters. The van der Waals surface area contributed by atoms with Crippen LogP contribution in [0.3, 0.4) is 0 Å². The lowest BCUT2D eigenvalue weighted by Gasteiger charge is -2.44. The number of carbonyl (C=O) groups excluding carboxylic acids is 1. The summed E-state index contributed by atoms with van der Waals surface area (Å²) in [4.78, 5) is 22.1. The summed E-state index contributed by atoms with van der Waals surface area (Å²) >= 11 is 0. The van der Waals surface area contributed by atoms with Crippen LogP contribution in [0.2, 0.25) is 0 Å². The van der Waals surface area contributed by atoms with Crippen molar-refractivity contribution < 1.29 is 4.79 Å². The number of carbonyl (C=O) groups is 1. The number of H-pyrrole nitrogens is 1. The van der Waals surface area contributed by atoms with Crippen LogP contribution < -0.4 is 0 Å². The molecule has 4 heteroatoms. The second-order valence-corrected chi connectivity index (χ2v) is 6.83. The lowest BCUT2D eigenvalue weighted by atomic mass is 9.83. The molecule has 1 aromatic carbocycles. The molecule has 1 amide bonds. The van der Waals surface area contributed by atoms with Crippen molar-refractivity contribution in [3.63, 3.8) is 0 Å². The predicted octanol–water partition coefficient (Wildman–Crippen LogP) is 2.93. The number of hydrogen-bond donors (Lipinski definition) is 1. The van der Waals surface area contributed by atoms with E-state index in [-0.39, 0.29) is 11.4 Å². The van der Waals surface area contributed by atoms with Crippen LogP contribution in [0.15, 0.2) is 24.5 Å². The van der Waals surface area contributed by atoms with Gasteiger partial charge in [0.25, 0.3) is 0 Å². The molecule has 1 aliphatic rings. The minimum Gasteiger partial charge on any atom is -0.348 e. The molecule has 2 aromatic rings. The molecular weight excluding hydrogens is 274 g/mol. The number of aromatic amines is 1. The molecule has 116 valence electrons. The van der Waals surface area contributed by atoms with Gasteiger partial charge < -0.3 is 9.88 Å². The summed E-state index contributed by atoms with van der Waals surface area (Å²) in [5, 5.41) is 0. The van der Waals surface area contributed by atoms with Crippen LogP contribution in [0.1, 0.15) is 41.9 Å². The minimum absolute atomic E-state index is 0.146.